The van der Waals surface area contributed by atoms with E-state index in [0.29, 0.717) is 18.0 Å². The van der Waals surface area contributed by atoms with Crippen LogP contribution in [-0.4, -0.2) is 43.8 Å². The number of aryl methyl sites for hydroxylation is 1. The molecule has 0 atom stereocenters. The molecule has 144 valence electrons. The fourth-order valence-corrected chi connectivity index (χ4v) is 6.25. The van der Waals surface area contributed by atoms with Gasteiger partial charge in [0.05, 0.1) is 4.90 Å². The van der Waals surface area contributed by atoms with Crippen molar-refractivity contribution in [1.82, 2.24) is 9.21 Å². The highest BCUT2D eigenvalue weighted by Gasteiger charge is 2.44. The minimum absolute atomic E-state index is 0.0314. The zero-order valence-electron chi connectivity index (χ0n) is 16.0. The monoisotopic (exact) mass is 384 g/mol. The van der Waals surface area contributed by atoms with E-state index in [2.05, 4.69) is 35.2 Å². The van der Waals surface area contributed by atoms with Crippen LogP contribution in [0.3, 0.4) is 0 Å². The highest BCUT2D eigenvalue weighted by molar-refractivity contribution is 7.89. The number of hydrogen-bond donors (Lipinski definition) is 0. The second kappa shape index (κ2) is 7.38. The van der Waals surface area contributed by atoms with Gasteiger partial charge in [0.2, 0.25) is 10.0 Å². The maximum Gasteiger partial charge on any atom is 0.243 e. The van der Waals surface area contributed by atoms with Crippen LogP contribution in [0.2, 0.25) is 0 Å². The van der Waals surface area contributed by atoms with Gasteiger partial charge < -0.3 is 0 Å². The molecular formula is C22H28N2O2S. The van der Waals surface area contributed by atoms with E-state index in [-0.39, 0.29) is 5.54 Å². The third kappa shape index (κ3) is 3.44. The molecule has 0 N–H and O–H groups in total. The van der Waals surface area contributed by atoms with Gasteiger partial charge in [-0.1, -0.05) is 42.5 Å². The van der Waals surface area contributed by atoms with E-state index in [4.69, 9.17) is 0 Å². The van der Waals surface area contributed by atoms with Gasteiger partial charge in [-0.15, -0.1) is 0 Å². The first kappa shape index (κ1) is 18.7. The van der Waals surface area contributed by atoms with Crippen molar-refractivity contribution in [2.75, 3.05) is 26.2 Å². The zero-order valence-corrected chi connectivity index (χ0v) is 16.8. The van der Waals surface area contributed by atoms with E-state index < -0.39 is 10.0 Å². The molecule has 5 heteroatoms. The van der Waals surface area contributed by atoms with Gasteiger partial charge in [-0.25, -0.2) is 8.42 Å². The highest BCUT2D eigenvalue weighted by atomic mass is 32.2. The van der Waals surface area contributed by atoms with E-state index in [9.17, 15) is 8.42 Å². The van der Waals surface area contributed by atoms with Gasteiger partial charge in [-0.05, 0) is 69.0 Å². The first-order valence-electron chi connectivity index (χ1n) is 9.90. The van der Waals surface area contributed by atoms with Crippen LogP contribution < -0.4 is 0 Å². The summed E-state index contributed by atoms with van der Waals surface area (Å²) in [5.74, 6) is 0. The van der Waals surface area contributed by atoms with Crippen molar-refractivity contribution in [1.29, 1.82) is 0 Å². The normalized spacial score (nSPS) is 21.4. The van der Waals surface area contributed by atoms with E-state index in [1.165, 1.54) is 18.4 Å². The van der Waals surface area contributed by atoms with Crippen LogP contribution >= 0.6 is 0 Å². The van der Waals surface area contributed by atoms with Crippen molar-refractivity contribution in [3.8, 4) is 0 Å². The molecule has 2 aliphatic rings. The van der Waals surface area contributed by atoms with E-state index in [1.54, 1.807) is 16.4 Å². The molecule has 0 saturated carbocycles. The molecule has 2 saturated heterocycles. The molecular weight excluding hydrogens is 356 g/mol. The molecule has 2 heterocycles. The molecule has 2 aromatic carbocycles. The molecule has 0 bridgehead atoms. The topological polar surface area (TPSA) is 40.6 Å². The van der Waals surface area contributed by atoms with E-state index in [1.807, 2.05) is 19.1 Å². The van der Waals surface area contributed by atoms with Crippen LogP contribution in [0.5, 0.6) is 0 Å². The number of sulfonamides is 1. The van der Waals surface area contributed by atoms with Crippen LogP contribution in [0, 0.1) is 6.92 Å². The molecule has 0 amide bonds. The van der Waals surface area contributed by atoms with Gasteiger partial charge in [-0.3, -0.25) is 4.90 Å². The Balaban J connectivity index is 1.60. The minimum Gasteiger partial charge on any atom is -0.293 e. The highest BCUT2D eigenvalue weighted by Crippen LogP contribution is 2.41. The first-order chi connectivity index (χ1) is 13.0. The van der Waals surface area contributed by atoms with Crippen molar-refractivity contribution < 1.29 is 8.42 Å². The standard InChI is InChI=1S/C22H28N2O2S/c1-19-8-7-11-21(18-19)27(25,26)24-16-12-22(13-17-24,23-14-5-6-15-23)20-9-3-2-4-10-20/h2-4,7-11,18H,5-6,12-17H2,1H3. The van der Waals surface area contributed by atoms with Crippen molar-refractivity contribution in [3.63, 3.8) is 0 Å². The molecule has 2 fully saturated rings. The minimum atomic E-state index is -3.43. The number of rotatable bonds is 4. The van der Waals surface area contributed by atoms with E-state index >= 15 is 0 Å². The molecule has 2 aliphatic heterocycles. The lowest BCUT2D eigenvalue weighted by atomic mass is 9.80. The lowest BCUT2D eigenvalue weighted by molar-refractivity contribution is 0.0572. The Kier molecular flexibility index (Phi) is 5.10. The molecule has 0 radical (unpaired) electrons. The predicted octanol–water partition coefficient (Wildman–Crippen LogP) is 3.77. The quantitative estimate of drug-likeness (QED) is 0.806. The lowest BCUT2D eigenvalue weighted by Gasteiger charge is -2.47. The summed E-state index contributed by atoms with van der Waals surface area (Å²) in [5, 5.41) is 0. The molecule has 27 heavy (non-hydrogen) atoms. The third-order valence-electron chi connectivity index (χ3n) is 6.20. The average molecular weight is 385 g/mol. The summed E-state index contributed by atoms with van der Waals surface area (Å²) in [6, 6.07) is 17.9. The first-order valence-corrected chi connectivity index (χ1v) is 11.3. The van der Waals surface area contributed by atoms with Crippen LogP contribution in [0.25, 0.3) is 0 Å². The predicted molar refractivity (Wildman–Crippen MR) is 108 cm³/mol. The second-order valence-corrected chi connectivity index (χ2v) is 9.75. The number of nitrogens with zero attached hydrogens (tertiary/aromatic N) is 2. The van der Waals surface area contributed by atoms with Gasteiger partial charge in [0.25, 0.3) is 0 Å². The van der Waals surface area contributed by atoms with Crippen molar-refractivity contribution in [3.05, 3.63) is 65.7 Å². The maximum absolute atomic E-state index is 13.1. The largest absolute Gasteiger partial charge is 0.293 e. The molecule has 2 aromatic rings. The van der Waals surface area contributed by atoms with Crippen molar-refractivity contribution >= 4 is 10.0 Å². The molecule has 0 aromatic heterocycles. The van der Waals surface area contributed by atoms with Crippen LogP contribution in [0.4, 0.5) is 0 Å². The summed E-state index contributed by atoms with van der Waals surface area (Å²) in [5.41, 5.74) is 2.28. The Morgan fingerprint density at radius 1 is 0.852 bits per heavy atom. The molecule has 0 aliphatic carbocycles. The van der Waals surface area contributed by atoms with Gasteiger partial charge in [0.1, 0.15) is 0 Å². The summed E-state index contributed by atoms with van der Waals surface area (Å²) in [4.78, 5) is 3.01. The molecule has 0 spiro atoms. The molecule has 4 nitrogen and oxygen atoms in total. The SMILES string of the molecule is Cc1cccc(S(=O)(=O)N2CCC(c3ccccc3)(N3CCCC3)CC2)c1. The summed E-state index contributed by atoms with van der Waals surface area (Å²) >= 11 is 0. The summed E-state index contributed by atoms with van der Waals surface area (Å²) in [6.07, 6.45) is 4.17. The van der Waals surface area contributed by atoms with Gasteiger partial charge in [0.15, 0.2) is 0 Å². The van der Waals surface area contributed by atoms with E-state index in [0.717, 1.165) is 31.5 Å². The summed E-state index contributed by atoms with van der Waals surface area (Å²) < 4.78 is 27.9. The second-order valence-electron chi connectivity index (χ2n) is 7.81. The summed E-state index contributed by atoms with van der Waals surface area (Å²) in [7, 11) is -3.43. The van der Waals surface area contributed by atoms with Crippen molar-refractivity contribution in [2.24, 2.45) is 0 Å². The Labute approximate surface area is 162 Å². The van der Waals surface area contributed by atoms with Crippen LogP contribution in [0.15, 0.2) is 59.5 Å². The van der Waals surface area contributed by atoms with Crippen molar-refractivity contribution in [2.45, 2.75) is 43.0 Å². The Morgan fingerprint density at radius 3 is 2.15 bits per heavy atom. The number of hydrogen-bond acceptors (Lipinski definition) is 3. The molecule has 0 unspecified atom stereocenters. The maximum atomic E-state index is 13.1. The van der Waals surface area contributed by atoms with Gasteiger partial charge >= 0.3 is 0 Å². The number of benzene rings is 2. The lowest BCUT2D eigenvalue weighted by Crippen LogP contribution is -2.53. The van der Waals surface area contributed by atoms with Gasteiger partial charge in [0, 0.05) is 18.6 Å². The summed E-state index contributed by atoms with van der Waals surface area (Å²) in [6.45, 7) is 5.30. The van der Waals surface area contributed by atoms with Crippen LogP contribution in [-0.2, 0) is 15.6 Å². The Bertz CT molecular complexity index is 882. The number of likely N-dealkylation sites (tertiary alicyclic amines) is 1. The number of piperidine rings is 1. The molecule has 4 rings (SSSR count). The zero-order chi connectivity index (χ0) is 18.9. The Morgan fingerprint density at radius 2 is 1.52 bits per heavy atom. The smallest absolute Gasteiger partial charge is 0.243 e. The third-order valence-corrected chi connectivity index (χ3v) is 8.09. The average Bonchev–Trinajstić information content (AvgIpc) is 3.24. The fraction of sp³-hybridized carbons (Fsp3) is 0.455. The fourth-order valence-electron chi connectivity index (χ4n) is 4.70. The van der Waals surface area contributed by atoms with Crippen LogP contribution in [0.1, 0.15) is 36.8 Å². The Hall–Kier alpha value is -1.69. The van der Waals surface area contributed by atoms with Gasteiger partial charge in [-0.2, -0.15) is 4.31 Å².